The number of hydrogen-bond donors (Lipinski definition) is 1. The zero-order chi connectivity index (χ0) is 10.9. The molecule has 1 heterocycles. The molecule has 0 fully saturated rings. The molecule has 0 aliphatic heterocycles. The van der Waals surface area contributed by atoms with Gasteiger partial charge in [-0.1, -0.05) is 37.5 Å². The zero-order valence-electron chi connectivity index (χ0n) is 9.17. The van der Waals surface area contributed by atoms with Crippen LogP contribution in [0.2, 0.25) is 0 Å². The average molecular weight is 316 g/mol. The summed E-state index contributed by atoms with van der Waals surface area (Å²) < 4.78 is 0. The van der Waals surface area contributed by atoms with Crippen LogP contribution in [0.25, 0.3) is 0 Å². The summed E-state index contributed by atoms with van der Waals surface area (Å²) >= 11 is 0. The van der Waals surface area contributed by atoms with Crippen molar-refractivity contribution in [3.05, 3.63) is 18.2 Å². The maximum Gasteiger partial charge on any atom is 0.303 e. The number of aromatic nitrogens is 2. The van der Waals surface area contributed by atoms with Gasteiger partial charge in [-0.15, -0.1) is 0 Å². The first-order valence-electron chi connectivity index (χ1n) is 5.42. The van der Waals surface area contributed by atoms with Gasteiger partial charge in [0.25, 0.3) is 0 Å². The number of aryl methyl sites for hydroxylation is 1. The van der Waals surface area contributed by atoms with Crippen LogP contribution in [0.4, 0.5) is 0 Å². The fourth-order valence-corrected chi connectivity index (χ4v) is 1.50. The van der Waals surface area contributed by atoms with Crippen molar-refractivity contribution < 1.29 is 30.3 Å². The number of unbranched alkanes of at least 4 members (excludes halogenated alkanes) is 4. The molecule has 0 atom stereocenters. The number of carbonyl (C=O) groups is 1. The van der Waals surface area contributed by atoms with Gasteiger partial charge in [0.15, 0.2) is 0 Å². The zero-order valence-corrected chi connectivity index (χ0v) is 10.7. The molecule has 1 aromatic heterocycles. The SMILES string of the molecule is O=C(O)CCCCCCCc1c[n-]cn1.[Pd]. The van der Waals surface area contributed by atoms with E-state index in [4.69, 9.17) is 5.11 Å². The molecule has 1 rings (SSSR count). The van der Waals surface area contributed by atoms with Gasteiger partial charge in [0.1, 0.15) is 0 Å². The minimum atomic E-state index is -0.693. The topological polar surface area (TPSA) is 64.3 Å². The van der Waals surface area contributed by atoms with Crippen LogP contribution in [-0.4, -0.2) is 16.1 Å². The predicted molar refractivity (Wildman–Crippen MR) is 56.6 cm³/mol. The van der Waals surface area contributed by atoms with Crippen molar-refractivity contribution in [2.45, 2.75) is 44.9 Å². The molecule has 16 heavy (non-hydrogen) atoms. The molecule has 0 amide bonds. The number of hydrogen-bond acceptors (Lipinski definition) is 2. The number of aliphatic carboxylic acids is 1. The van der Waals surface area contributed by atoms with Crippen LogP contribution in [-0.2, 0) is 31.6 Å². The third-order valence-electron chi connectivity index (χ3n) is 2.34. The summed E-state index contributed by atoms with van der Waals surface area (Å²) in [5.74, 6) is -0.693. The van der Waals surface area contributed by atoms with Gasteiger partial charge in [-0.05, 0) is 19.3 Å². The summed E-state index contributed by atoms with van der Waals surface area (Å²) in [5, 5.41) is 8.43. The number of carboxylic acid groups (broad SMARTS) is 1. The molecule has 0 radical (unpaired) electrons. The maximum absolute atomic E-state index is 10.2. The Morgan fingerprint density at radius 3 is 2.56 bits per heavy atom. The van der Waals surface area contributed by atoms with Crippen molar-refractivity contribution >= 4 is 5.97 Å². The second kappa shape index (κ2) is 9.56. The normalized spacial score (nSPS) is 9.75. The van der Waals surface area contributed by atoms with E-state index in [2.05, 4.69) is 9.97 Å². The number of carboxylic acids is 1. The predicted octanol–water partition coefficient (Wildman–Crippen LogP) is 2.00. The first kappa shape index (κ1) is 15.3. The largest absolute Gasteiger partial charge is 0.481 e. The summed E-state index contributed by atoms with van der Waals surface area (Å²) in [7, 11) is 0. The molecule has 0 saturated carbocycles. The van der Waals surface area contributed by atoms with Gasteiger partial charge in [-0.25, -0.2) is 0 Å². The van der Waals surface area contributed by atoms with E-state index in [1.165, 1.54) is 0 Å². The molecule has 1 aromatic rings. The Bertz CT molecular complexity index is 276. The third kappa shape index (κ3) is 7.61. The fraction of sp³-hybridized carbons (Fsp3) is 0.636. The summed E-state index contributed by atoms with van der Waals surface area (Å²) in [5.41, 5.74) is 1.06. The van der Waals surface area contributed by atoms with Crippen molar-refractivity contribution in [3.63, 3.8) is 0 Å². The summed E-state index contributed by atoms with van der Waals surface area (Å²) in [6.07, 6.45) is 9.84. The molecule has 0 aromatic carbocycles. The molecule has 0 unspecified atom stereocenters. The molecular formula is C11H17N2O2Pd-. The van der Waals surface area contributed by atoms with Gasteiger partial charge in [0.05, 0.1) is 0 Å². The molecule has 5 heteroatoms. The van der Waals surface area contributed by atoms with Gasteiger partial charge in [-0.3, -0.25) is 4.79 Å². The maximum atomic E-state index is 10.2. The number of imidazole rings is 1. The minimum Gasteiger partial charge on any atom is -0.481 e. The molecule has 0 aliphatic rings. The van der Waals surface area contributed by atoms with Crippen LogP contribution >= 0.6 is 0 Å². The summed E-state index contributed by atoms with van der Waals surface area (Å²) in [6.45, 7) is 0. The van der Waals surface area contributed by atoms with Crippen LogP contribution in [0.15, 0.2) is 12.5 Å². The van der Waals surface area contributed by atoms with E-state index in [0.717, 1.165) is 44.2 Å². The summed E-state index contributed by atoms with van der Waals surface area (Å²) in [4.78, 5) is 18.2. The van der Waals surface area contributed by atoms with Crippen LogP contribution in [0.3, 0.4) is 0 Å². The van der Waals surface area contributed by atoms with Crippen LogP contribution in [0, 0.1) is 0 Å². The molecule has 1 N–H and O–H groups in total. The Morgan fingerprint density at radius 1 is 1.25 bits per heavy atom. The van der Waals surface area contributed by atoms with Crippen molar-refractivity contribution in [1.29, 1.82) is 0 Å². The second-order valence-corrected chi connectivity index (χ2v) is 3.68. The Kier molecular flexibility index (Phi) is 9.17. The Morgan fingerprint density at radius 2 is 1.94 bits per heavy atom. The van der Waals surface area contributed by atoms with Gasteiger partial charge in [-0.2, -0.15) is 0 Å². The monoisotopic (exact) mass is 315 g/mol. The Labute approximate surface area is 110 Å². The second-order valence-electron chi connectivity index (χ2n) is 3.68. The molecule has 0 aliphatic carbocycles. The summed E-state index contributed by atoms with van der Waals surface area (Å²) in [6, 6.07) is 0. The first-order valence-corrected chi connectivity index (χ1v) is 5.42. The van der Waals surface area contributed by atoms with E-state index in [1.807, 2.05) is 0 Å². The third-order valence-corrected chi connectivity index (χ3v) is 2.34. The van der Waals surface area contributed by atoms with E-state index in [0.29, 0.717) is 6.42 Å². The van der Waals surface area contributed by atoms with Gasteiger partial charge in [0, 0.05) is 26.8 Å². The minimum absolute atomic E-state index is 0. The van der Waals surface area contributed by atoms with Crippen molar-refractivity contribution in [3.8, 4) is 0 Å². The Hall–Kier alpha value is -0.658. The van der Waals surface area contributed by atoms with Crippen molar-refractivity contribution in [2.24, 2.45) is 0 Å². The number of nitrogens with zero attached hydrogens (tertiary/aromatic N) is 2. The van der Waals surface area contributed by atoms with Crippen molar-refractivity contribution in [1.82, 2.24) is 9.97 Å². The fourth-order valence-electron chi connectivity index (χ4n) is 1.50. The quantitative estimate of drug-likeness (QED) is 0.589. The smallest absolute Gasteiger partial charge is 0.303 e. The molecule has 0 spiro atoms. The number of rotatable bonds is 8. The Balaban J connectivity index is 0.00000225. The van der Waals surface area contributed by atoms with Crippen LogP contribution in [0.1, 0.15) is 44.2 Å². The van der Waals surface area contributed by atoms with Crippen LogP contribution in [0.5, 0.6) is 0 Å². The van der Waals surface area contributed by atoms with Crippen LogP contribution < -0.4 is 4.98 Å². The molecule has 0 bridgehead atoms. The van der Waals surface area contributed by atoms with E-state index in [1.54, 1.807) is 12.5 Å². The first-order chi connectivity index (χ1) is 7.29. The van der Waals surface area contributed by atoms with Gasteiger partial charge in [0.2, 0.25) is 0 Å². The van der Waals surface area contributed by atoms with E-state index in [9.17, 15) is 4.79 Å². The van der Waals surface area contributed by atoms with E-state index >= 15 is 0 Å². The van der Waals surface area contributed by atoms with E-state index in [-0.39, 0.29) is 20.4 Å². The average Bonchev–Trinajstić information content (AvgIpc) is 2.68. The van der Waals surface area contributed by atoms with Gasteiger partial charge >= 0.3 is 5.97 Å². The standard InChI is InChI=1S/C11H18N2O2.Pd/c14-11(15)7-5-3-1-2-4-6-10-8-12-9-13-10;/h8-9H,1-7H2,(H2,12,13,14,15);/p-1. The van der Waals surface area contributed by atoms with E-state index < -0.39 is 5.97 Å². The molecule has 0 saturated heterocycles. The molecular weight excluding hydrogens is 299 g/mol. The van der Waals surface area contributed by atoms with Gasteiger partial charge < -0.3 is 15.1 Å². The molecule has 94 valence electrons. The molecule has 4 nitrogen and oxygen atoms in total. The van der Waals surface area contributed by atoms with Crippen molar-refractivity contribution in [2.75, 3.05) is 0 Å².